The van der Waals surface area contributed by atoms with Crippen molar-refractivity contribution in [2.45, 2.75) is 0 Å². The van der Waals surface area contributed by atoms with E-state index in [0.29, 0.717) is 0 Å². The van der Waals surface area contributed by atoms with Crippen LogP contribution in [-0.2, 0) is 0 Å². The van der Waals surface area contributed by atoms with Gasteiger partial charge in [0.15, 0.2) is 0 Å². The molecule has 0 bridgehead atoms. The summed E-state index contributed by atoms with van der Waals surface area (Å²) in [4.78, 5) is 4.54. The summed E-state index contributed by atoms with van der Waals surface area (Å²) in [6.45, 7) is 0. The van der Waals surface area contributed by atoms with E-state index in [9.17, 15) is 0 Å². The van der Waals surface area contributed by atoms with E-state index in [-0.39, 0.29) is 0 Å². The van der Waals surface area contributed by atoms with Crippen molar-refractivity contribution >= 4 is 33.1 Å². The van der Waals surface area contributed by atoms with Crippen molar-refractivity contribution in [1.82, 2.24) is 9.36 Å². The minimum absolute atomic E-state index is 1.06. The number of hydrogen-bond donors (Lipinski definition) is 0. The SMILES string of the molecule is c1ccc2sc(-c3cnsc3)nc2c1. The number of fused-ring (bicyclic) bond motifs is 1. The van der Waals surface area contributed by atoms with Crippen LogP contribution in [0.5, 0.6) is 0 Å². The number of rotatable bonds is 1. The van der Waals surface area contributed by atoms with Crippen LogP contribution in [0.15, 0.2) is 35.8 Å². The van der Waals surface area contributed by atoms with E-state index in [1.807, 2.05) is 29.8 Å². The summed E-state index contributed by atoms with van der Waals surface area (Å²) in [5.74, 6) is 0. The van der Waals surface area contributed by atoms with Gasteiger partial charge in [0, 0.05) is 10.9 Å². The Morgan fingerprint density at radius 2 is 2.07 bits per heavy atom. The lowest BCUT2D eigenvalue weighted by Gasteiger charge is -1.83. The van der Waals surface area contributed by atoms with Crippen LogP contribution in [0.4, 0.5) is 0 Å². The van der Waals surface area contributed by atoms with E-state index >= 15 is 0 Å². The molecule has 4 heteroatoms. The van der Waals surface area contributed by atoms with Crippen LogP contribution >= 0.6 is 22.9 Å². The molecule has 0 saturated heterocycles. The van der Waals surface area contributed by atoms with Crippen LogP contribution in [-0.4, -0.2) is 9.36 Å². The van der Waals surface area contributed by atoms with Crippen LogP contribution < -0.4 is 0 Å². The van der Waals surface area contributed by atoms with E-state index in [2.05, 4.69) is 15.4 Å². The van der Waals surface area contributed by atoms with Gasteiger partial charge in [-0.05, 0) is 23.7 Å². The monoisotopic (exact) mass is 218 g/mol. The van der Waals surface area contributed by atoms with E-state index < -0.39 is 0 Å². The van der Waals surface area contributed by atoms with Gasteiger partial charge in [-0.3, -0.25) is 0 Å². The first-order chi connectivity index (χ1) is 6.93. The van der Waals surface area contributed by atoms with Gasteiger partial charge in [0.25, 0.3) is 0 Å². The quantitative estimate of drug-likeness (QED) is 0.625. The number of benzene rings is 1. The van der Waals surface area contributed by atoms with Gasteiger partial charge in [0.1, 0.15) is 5.01 Å². The summed E-state index contributed by atoms with van der Waals surface area (Å²) < 4.78 is 5.31. The van der Waals surface area contributed by atoms with Crippen molar-refractivity contribution in [2.24, 2.45) is 0 Å². The van der Waals surface area contributed by atoms with Gasteiger partial charge in [0.2, 0.25) is 0 Å². The number of para-hydroxylation sites is 1. The third-order valence-electron chi connectivity index (χ3n) is 1.97. The Balaban J connectivity index is 2.24. The van der Waals surface area contributed by atoms with Crippen molar-refractivity contribution in [3.63, 3.8) is 0 Å². The van der Waals surface area contributed by atoms with E-state index in [4.69, 9.17) is 0 Å². The molecule has 2 nitrogen and oxygen atoms in total. The molecular formula is C10H6N2S2. The molecule has 2 aromatic heterocycles. The predicted molar refractivity (Wildman–Crippen MR) is 60.7 cm³/mol. The highest BCUT2D eigenvalue weighted by Crippen LogP contribution is 2.29. The van der Waals surface area contributed by atoms with E-state index in [1.54, 1.807) is 11.3 Å². The second-order valence-corrected chi connectivity index (χ2v) is 4.59. The average Bonchev–Trinajstić information content (AvgIpc) is 2.86. The molecule has 0 spiro atoms. The molecule has 0 radical (unpaired) electrons. The van der Waals surface area contributed by atoms with E-state index in [0.717, 1.165) is 16.1 Å². The summed E-state index contributed by atoms with van der Waals surface area (Å²) >= 11 is 3.17. The number of thiazole rings is 1. The van der Waals surface area contributed by atoms with Gasteiger partial charge in [-0.1, -0.05) is 12.1 Å². The first-order valence-corrected chi connectivity index (χ1v) is 5.84. The van der Waals surface area contributed by atoms with Crippen LogP contribution in [0.25, 0.3) is 20.8 Å². The molecule has 0 N–H and O–H groups in total. The van der Waals surface area contributed by atoms with Gasteiger partial charge < -0.3 is 0 Å². The standard InChI is InChI=1S/C10H6N2S2/c1-2-4-9-8(3-1)12-10(14-9)7-5-11-13-6-7/h1-6H. The van der Waals surface area contributed by atoms with Gasteiger partial charge in [-0.25, -0.2) is 9.36 Å². The fourth-order valence-corrected chi connectivity index (χ4v) is 2.85. The van der Waals surface area contributed by atoms with Crippen molar-refractivity contribution in [1.29, 1.82) is 0 Å². The zero-order valence-corrected chi connectivity index (χ0v) is 8.81. The van der Waals surface area contributed by atoms with Crippen molar-refractivity contribution in [3.05, 3.63) is 35.8 Å². The normalized spacial score (nSPS) is 10.9. The molecule has 0 aliphatic rings. The summed E-state index contributed by atoms with van der Waals surface area (Å²) in [6, 6.07) is 8.18. The molecule has 0 saturated carbocycles. The van der Waals surface area contributed by atoms with Crippen molar-refractivity contribution in [2.75, 3.05) is 0 Å². The average molecular weight is 218 g/mol. The lowest BCUT2D eigenvalue weighted by molar-refractivity contribution is 1.47. The predicted octanol–water partition coefficient (Wildman–Crippen LogP) is 3.42. The second-order valence-electron chi connectivity index (χ2n) is 2.90. The summed E-state index contributed by atoms with van der Waals surface area (Å²) in [6.07, 6.45) is 1.86. The molecule has 2 heterocycles. The molecule has 0 atom stereocenters. The maximum absolute atomic E-state index is 4.54. The Bertz CT molecular complexity index is 521. The first kappa shape index (κ1) is 8.08. The maximum Gasteiger partial charge on any atom is 0.127 e. The molecule has 3 aromatic rings. The summed E-state index contributed by atoms with van der Waals surface area (Å²) in [7, 11) is 0. The van der Waals surface area contributed by atoms with Gasteiger partial charge in [-0.15, -0.1) is 11.3 Å². The zero-order valence-electron chi connectivity index (χ0n) is 7.18. The molecule has 68 valence electrons. The highest BCUT2D eigenvalue weighted by Gasteiger charge is 2.05. The summed E-state index contributed by atoms with van der Waals surface area (Å²) in [5, 5.41) is 3.08. The van der Waals surface area contributed by atoms with Crippen LogP contribution in [0.2, 0.25) is 0 Å². The highest BCUT2D eigenvalue weighted by molar-refractivity contribution is 7.21. The third-order valence-corrected chi connectivity index (χ3v) is 3.65. The molecule has 0 fully saturated rings. The van der Waals surface area contributed by atoms with Gasteiger partial charge >= 0.3 is 0 Å². The Morgan fingerprint density at radius 3 is 2.86 bits per heavy atom. The summed E-state index contributed by atoms with van der Waals surface area (Å²) in [5.41, 5.74) is 2.19. The largest absolute Gasteiger partial charge is 0.236 e. The second kappa shape index (κ2) is 3.15. The van der Waals surface area contributed by atoms with Crippen molar-refractivity contribution < 1.29 is 0 Å². The lowest BCUT2D eigenvalue weighted by atomic mass is 10.3. The Labute approximate surface area is 89.0 Å². The van der Waals surface area contributed by atoms with Crippen LogP contribution in [0.3, 0.4) is 0 Å². The number of aromatic nitrogens is 2. The first-order valence-electron chi connectivity index (χ1n) is 4.19. The molecule has 0 aliphatic heterocycles. The molecule has 1 aromatic carbocycles. The third kappa shape index (κ3) is 1.23. The maximum atomic E-state index is 4.54. The lowest BCUT2D eigenvalue weighted by Crippen LogP contribution is -1.69. The highest BCUT2D eigenvalue weighted by atomic mass is 32.1. The van der Waals surface area contributed by atoms with Crippen LogP contribution in [0.1, 0.15) is 0 Å². The molecular weight excluding hydrogens is 212 g/mol. The fraction of sp³-hybridized carbons (Fsp3) is 0. The fourth-order valence-electron chi connectivity index (χ4n) is 1.31. The molecule has 0 aliphatic carbocycles. The van der Waals surface area contributed by atoms with Gasteiger partial charge in [-0.2, -0.15) is 0 Å². The molecule has 3 rings (SSSR count). The minimum atomic E-state index is 1.06. The zero-order chi connectivity index (χ0) is 9.38. The van der Waals surface area contributed by atoms with Crippen molar-refractivity contribution in [3.8, 4) is 10.6 Å². The Kier molecular flexibility index (Phi) is 1.82. The number of nitrogens with zero attached hydrogens (tertiary/aromatic N) is 2. The van der Waals surface area contributed by atoms with Gasteiger partial charge in [0.05, 0.1) is 16.4 Å². The topological polar surface area (TPSA) is 25.8 Å². The van der Waals surface area contributed by atoms with Crippen LogP contribution in [0, 0.1) is 0 Å². The molecule has 14 heavy (non-hydrogen) atoms. The molecule has 0 unspecified atom stereocenters. The van der Waals surface area contributed by atoms with E-state index in [1.165, 1.54) is 16.2 Å². The Morgan fingerprint density at radius 1 is 1.14 bits per heavy atom. The number of hydrogen-bond acceptors (Lipinski definition) is 4. The minimum Gasteiger partial charge on any atom is -0.236 e. The molecule has 0 amide bonds. The Hall–Kier alpha value is -1.26. The smallest absolute Gasteiger partial charge is 0.127 e.